The molecule has 0 saturated carbocycles. The Labute approximate surface area is 187 Å². The number of rotatable bonds is 11. The maximum Gasteiger partial charge on any atom is 0.251 e. The van der Waals surface area contributed by atoms with Crippen LogP contribution in [0.5, 0.6) is 5.75 Å². The lowest BCUT2D eigenvalue weighted by atomic mass is 10.2. The van der Waals surface area contributed by atoms with Crippen molar-refractivity contribution in [3.63, 3.8) is 0 Å². The minimum Gasteiger partial charge on any atom is -0.489 e. The van der Waals surface area contributed by atoms with Crippen LogP contribution in [0.25, 0.3) is 0 Å². The lowest BCUT2D eigenvalue weighted by Crippen LogP contribution is -2.27. The van der Waals surface area contributed by atoms with Gasteiger partial charge in [-0.1, -0.05) is 36.4 Å². The molecule has 0 spiro atoms. The standard InChI is InChI=1S/C25H27N3O4/c1-31-15-14-26-25(30)20-8-5-9-22(16-20)27-17-24(29)28-21-10-12-23(13-11-21)32-18-19-6-3-2-4-7-19/h2-13,16,27H,14-15,17-18H2,1H3,(H,26,30)(H,28,29). The third-order valence-corrected chi connectivity index (χ3v) is 4.56. The molecule has 0 aliphatic carbocycles. The third kappa shape index (κ3) is 7.45. The number of methoxy groups -OCH3 is 1. The first kappa shape index (κ1) is 22.8. The van der Waals surface area contributed by atoms with E-state index in [-0.39, 0.29) is 18.4 Å². The molecular formula is C25H27N3O4. The van der Waals surface area contributed by atoms with Crippen molar-refractivity contribution >= 4 is 23.2 Å². The van der Waals surface area contributed by atoms with Crippen LogP contribution in [0.1, 0.15) is 15.9 Å². The minimum absolute atomic E-state index is 0.0704. The number of amides is 2. The van der Waals surface area contributed by atoms with Crippen molar-refractivity contribution in [2.45, 2.75) is 6.61 Å². The molecule has 0 saturated heterocycles. The number of ether oxygens (including phenoxy) is 2. The summed E-state index contributed by atoms with van der Waals surface area (Å²) in [4.78, 5) is 24.4. The molecule has 32 heavy (non-hydrogen) atoms. The summed E-state index contributed by atoms with van der Waals surface area (Å²) in [6.07, 6.45) is 0. The van der Waals surface area contributed by atoms with Gasteiger partial charge in [-0.2, -0.15) is 0 Å². The van der Waals surface area contributed by atoms with Crippen LogP contribution in [0, 0.1) is 0 Å². The molecule has 3 aromatic rings. The van der Waals surface area contributed by atoms with Gasteiger partial charge in [0.05, 0.1) is 13.2 Å². The lowest BCUT2D eigenvalue weighted by molar-refractivity contribution is -0.114. The van der Waals surface area contributed by atoms with E-state index in [4.69, 9.17) is 9.47 Å². The van der Waals surface area contributed by atoms with E-state index in [9.17, 15) is 9.59 Å². The van der Waals surface area contributed by atoms with E-state index >= 15 is 0 Å². The fourth-order valence-electron chi connectivity index (χ4n) is 2.90. The molecule has 0 atom stereocenters. The van der Waals surface area contributed by atoms with Crippen molar-refractivity contribution in [1.82, 2.24) is 5.32 Å². The fraction of sp³-hybridized carbons (Fsp3) is 0.200. The van der Waals surface area contributed by atoms with Crippen molar-refractivity contribution < 1.29 is 19.1 Å². The summed E-state index contributed by atoms with van der Waals surface area (Å²) in [5.74, 6) is 0.341. The maximum absolute atomic E-state index is 12.3. The van der Waals surface area contributed by atoms with E-state index in [1.165, 1.54) is 0 Å². The molecule has 3 rings (SSSR count). The first-order valence-electron chi connectivity index (χ1n) is 10.3. The second kappa shape index (κ2) is 12.1. The number of hydrogen-bond donors (Lipinski definition) is 3. The molecule has 7 nitrogen and oxygen atoms in total. The van der Waals surface area contributed by atoms with E-state index < -0.39 is 0 Å². The normalized spacial score (nSPS) is 10.3. The van der Waals surface area contributed by atoms with Crippen molar-refractivity contribution in [3.05, 3.63) is 90.0 Å². The summed E-state index contributed by atoms with van der Waals surface area (Å²) >= 11 is 0. The van der Waals surface area contributed by atoms with Crippen LogP contribution in [0.2, 0.25) is 0 Å². The maximum atomic E-state index is 12.3. The third-order valence-electron chi connectivity index (χ3n) is 4.56. The summed E-state index contributed by atoms with van der Waals surface area (Å²) < 4.78 is 10.7. The molecule has 0 aromatic heterocycles. The van der Waals surface area contributed by atoms with Gasteiger partial charge in [-0.3, -0.25) is 9.59 Å². The highest BCUT2D eigenvalue weighted by molar-refractivity contribution is 5.96. The fourth-order valence-corrected chi connectivity index (χ4v) is 2.90. The van der Waals surface area contributed by atoms with Crippen LogP contribution in [0.3, 0.4) is 0 Å². The highest BCUT2D eigenvalue weighted by Crippen LogP contribution is 2.17. The van der Waals surface area contributed by atoms with Crippen molar-refractivity contribution in [2.75, 3.05) is 37.4 Å². The molecule has 0 unspecified atom stereocenters. The zero-order chi connectivity index (χ0) is 22.6. The Morgan fingerprint density at radius 2 is 1.66 bits per heavy atom. The largest absolute Gasteiger partial charge is 0.489 e. The summed E-state index contributed by atoms with van der Waals surface area (Å²) in [5, 5.41) is 8.64. The Hall–Kier alpha value is -3.84. The van der Waals surface area contributed by atoms with Gasteiger partial charge in [0.25, 0.3) is 5.91 Å². The molecule has 2 amide bonds. The number of nitrogens with one attached hydrogen (secondary N) is 3. The summed E-state index contributed by atoms with van der Waals surface area (Å²) in [6.45, 7) is 1.44. The summed E-state index contributed by atoms with van der Waals surface area (Å²) in [7, 11) is 1.58. The average Bonchev–Trinajstić information content (AvgIpc) is 2.83. The predicted octanol–water partition coefficient (Wildman–Crippen LogP) is 3.69. The number of benzene rings is 3. The quantitative estimate of drug-likeness (QED) is 0.402. The van der Waals surface area contributed by atoms with Gasteiger partial charge in [0, 0.05) is 30.6 Å². The molecule has 0 aliphatic rings. The van der Waals surface area contributed by atoms with Crippen LogP contribution in [0.15, 0.2) is 78.9 Å². The van der Waals surface area contributed by atoms with Crippen LogP contribution in [-0.4, -0.2) is 38.6 Å². The summed E-state index contributed by atoms with van der Waals surface area (Å²) in [5.41, 5.74) is 2.96. The zero-order valence-electron chi connectivity index (χ0n) is 18.0. The highest BCUT2D eigenvalue weighted by atomic mass is 16.5. The van der Waals surface area contributed by atoms with Gasteiger partial charge in [0.15, 0.2) is 0 Å². The zero-order valence-corrected chi connectivity index (χ0v) is 18.0. The van der Waals surface area contributed by atoms with Gasteiger partial charge < -0.3 is 25.4 Å². The number of carbonyl (C=O) groups is 2. The Balaban J connectivity index is 1.44. The number of carbonyl (C=O) groups excluding carboxylic acids is 2. The van der Waals surface area contributed by atoms with E-state index in [2.05, 4.69) is 16.0 Å². The topological polar surface area (TPSA) is 88.7 Å². The molecular weight excluding hydrogens is 406 g/mol. The minimum atomic E-state index is -0.196. The first-order chi connectivity index (χ1) is 15.6. The van der Waals surface area contributed by atoms with Crippen LogP contribution < -0.4 is 20.7 Å². The number of anilines is 2. The molecule has 0 radical (unpaired) electrons. The van der Waals surface area contributed by atoms with Crippen molar-refractivity contribution in [2.24, 2.45) is 0 Å². The Bertz CT molecular complexity index is 1010. The van der Waals surface area contributed by atoms with Crippen LogP contribution >= 0.6 is 0 Å². The molecule has 3 aromatic carbocycles. The Morgan fingerprint density at radius 3 is 2.41 bits per heavy atom. The van der Waals surface area contributed by atoms with Crippen LogP contribution in [0.4, 0.5) is 11.4 Å². The van der Waals surface area contributed by atoms with Gasteiger partial charge in [-0.25, -0.2) is 0 Å². The molecule has 0 fully saturated rings. The smallest absolute Gasteiger partial charge is 0.251 e. The van der Waals surface area contributed by atoms with E-state index in [1.807, 2.05) is 42.5 Å². The Morgan fingerprint density at radius 1 is 0.875 bits per heavy atom. The monoisotopic (exact) mass is 433 g/mol. The van der Waals surface area contributed by atoms with E-state index in [1.54, 1.807) is 43.5 Å². The highest BCUT2D eigenvalue weighted by Gasteiger charge is 2.07. The first-order valence-corrected chi connectivity index (χ1v) is 10.3. The van der Waals surface area contributed by atoms with E-state index in [0.717, 1.165) is 11.3 Å². The van der Waals surface area contributed by atoms with E-state index in [0.29, 0.717) is 36.7 Å². The second-order valence-corrected chi connectivity index (χ2v) is 7.03. The molecule has 7 heteroatoms. The van der Waals surface area contributed by atoms with Gasteiger partial charge in [-0.05, 0) is 48.0 Å². The van der Waals surface area contributed by atoms with Gasteiger partial charge in [0.1, 0.15) is 12.4 Å². The van der Waals surface area contributed by atoms with Crippen LogP contribution in [-0.2, 0) is 16.1 Å². The molecule has 3 N–H and O–H groups in total. The molecule has 0 aliphatic heterocycles. The van der Waals surface area contributed by atoms with Crippen molar-refractivity contribution in [1.29, 1.82) is 0 Å². The number of hydrogen-bond acceptors (Lipinski definition) is 5. The molecule has 0 bridgehead atoms. The lowest BCUT2D eigenvalue weighted by Gasteiger charge is -2.10. The van der Waals surface area contributed by atoms with Gasteiger partial charge in [0.2, 0.25) is 5.91 Å². The molecule has 166 valence electrons. The average molecular weight is 434 g/mol. The molecule has 0 heterocycles. The SMILES string of the molecule is COCCNC(=O)c1cccc(NCC(=O)Nc2ccc(OCc3ccccc3)cc2)c1. The predicted molar refractivity (Wildman–Crippen MR) is 125 cm³/mol. The van der Waals surface area contributed by atoms with Gasteiger partial charge >= 0.3 is 0 Å². The Kier molecular flexibility index (Phi) is 8.65. The van der Waals surface area contributed by atoms with Gasteiger partial charge in [-0.15, -0.1) is 0 Å². The second-order valence-electron chi connectivity index (χ2n) is 7.03. The summed E-state index contributed by atoms with van der Waals surface area (Å²) in [6, 6.07) is 24.1. The van der Waals surface area contributed by atoms with Crippen molar-refractivity contribution in [3.8, 4) is 5.75 Å².